The fraction of sp³-hybridized carbons (Fsp3) is 0.250. The SMILES string of the molecule is CCOc1ccc(NC(=O)CN(C)C(=O)c2ccc(Br)s2)cc1F. The first kappa shape index (κ1) is 18.4. The van der Waals surface area contributed by atoms with Crippen LogP contribution in [0.5, 0.6) is 5.75 Å². The first-order chi connectivity index (χ1) is 11.4. The van der Waals surface area contributed by atoms with Crippen molar-refractivity contribution in [3.63, 3.8) is 0 Å². The molecule has 1 heterocycles. The lowest BCUT2D eigenvalue weighted by molar-refractivity contribution is -0.116. The summed E-state index contributed by atoms with van der Waals surface area (Å²) in [6.07, 6.45) is 0. The van der Waals surface area contributed by atoms with Gasteiger partial charge in [0, 0.05) is 18.8 Å². The van der Waals surface area contributed by atoms with Crippen LogP contribution < -0.4 is 10.1 Å². The van der Waals surface area contributed by atoms with Crippen molar-refractivity contribution >= 4 is 44.8 Å². The van der Waals surface area contributed by atoms with E-state index in [2.05, 4.69) is 21.2 Å². The van der Waals surface area contributed by atoms with Crippen molar-refractivity contribution < 1.29 is 18.7 Å². The molecule has 0 spiro atoms. The van der Waals surface area contributed by atoms with Crippen LogP contribution >= 0.6 is 27.3 Å². The summed E-state index contributed by atoms with van der Waals surface area (Å²) in [6.45, 7) is 1.98. The maximum Gasteiger partial charge on any atom is 0.264 e. The molecule has 0 atom stereocenters. The number of carbonyl (C=O) groups is 2. The Morgan fingerprint density at radius 1 is 1.33 bits per heavy atom. The van der Waals surface area contributed by atoms with Gasteiger partial charge in [-0.2, -0.15) is 0 Å². The highest BCUT2D eigenvalue weighted by atomic mass is 79.9. The number of carbonyl (C=O) groups excluding carboxylic acids is 2. The third kappa shape index (κ3) is 4.78. The second-order valence-electron chi connectivity index (χ2n) is 4.89. The first-order valence-corrected chi connectivity index (χ1v) is 8.74. The van der Waals surface area contributed by atoms with E-state index in [1.807, 2.05) is 0 Å². The van der Waals surface area contributed by atoms with Crippen LogP contribution in [-0.2, 0) is 4.79 Å². The smallest absolute Gasteiger partial charge is 0.264 e. The molecule has 0 unspecified atom stereocenters. The van der Waals surface area contributed by atoms with Crippen LogP contribution in [0.25, 0.3) is 0 Å². The van der Waals surface area contributed by atoms with Gasteiger partial charge in [0.15, 0.2) is 11.6 Å². The zero-order valence-corrected chi connectivity index (χ0v) is 15.5. The molecule has 8 heteroatoms. The molecule has 0 bridgehead atoms. The Balaban J connectivity index is 1.95. The molecule has 5 nitrogen and oxygen atoms in total. The number of anilines is 1. The molecule has 1 aromatic heterocycles. The molecular formula is C16H16BrFN2O3S. The van der Waals surface area contributed by atoms with E-state index in [9.17, 15) is 14.0 Å². The third-order valence-electron chi connectivity index (χ3n) is 3.03. The van der Waals surface area contributed by atoms with E-state index in [0.717, 1.165) is 3.79 Å². The number of benzene rings is 1. The molecular weight excluding hydrogens is 399 g/mol. The Kier molecular flexibility index (Phi) is 6.33. The van der Waals surface area contributed by atoms with E-state index >= 15 is 0 Å². The van der Waals surface area contributed by atoms with E-state index in [-0.39, 0.29) is 18.2 Å². The van der Waals surface area contributed by atoms with Crippen LogP contribution in [0.4, 0.5) is 10.1 Å². The quantitative estimate of drug-likeness (QED) is 0.782. The van der Waals surface area contributed by atoms with Gasteiger partial charge in [-0.1, -0.05) is 0 Å². The number of rotatable bonds is 6. The predicted octanol–water partition coefficient (Wildman–Crippen LogP) is 3.76. The van der Waals surface area contributed by atoms with E-state index in [1.165, 1.54) is 35.4 Å². The molecule has 0 fully saturated rings. The van der Waals surface area contributed by atoms with Crippen molar-refractivity contribution in [2.45, 2.75) is 6.92 Å². The molecule has 2 rings (SSSR count). The Hall–Kier alpha value is -1.93. The van der Waals surface area contributed by atoms with Crippen molar-refractivity contribution in [2.75, 3.05) is 25.5 Å². The molecule has 1 aromatic carbocycles. The Labute approximate surface area is 151 Å². The van der Waals surface area contributed by atoms with E-state index < -0.39 is 11.7 Å². The molecule has 0 saturated heterocycles. The minimum Gasteiger partial charge on any atom is -0.491 e. The standard InChI is InChI=1S/C16H16BrFN2O3S/c1-3-23-12-5-4-10(8-11(12)18)19-15(21)9-20(2)16(22)13-6-7-14(17)24-13/h4-8H,3,9H2,1-2H3,(H,19,21). The van der Waals surface area contributed by atoms with Gasteiger partial charge in [0.05, 0.1) is 21.8 Å². The maximum atomic E-state index is 13.8. The van der Waals surface area contributed by atoms with E-state index in [0.29, 0.717) is 17.2 Å². The summed E-state index contributed by atoms with van der Waals surface area (Å²) in [5.74, 6) is -1.09. The maximum absolute atomic E-state index is 13.8. The van der Waals surface area contributed by atoms with Crippen molar-refractivity contribution in [3.05, 3.63) is 44.8 Å². The van der Waals surface area contributed by atoms with Crippen molar-refractivity contribution in [1.29, 1.82) is 0 Å². The third-order valence-corrected chi connectivity index (χ3v) is 4.64. The average Bonchev–Trinajstić information content (AvgIpc) is 2.95. The summed E-state index contributed by atoms with van der Waals surface area (Å²) in [5, 5.41) is 2.56. The van der Waals surface area contributed by atoms with Crippen LogP contribution in [0.2, 0.25) is 0 Å². The predicted molar refractivity (Wildman–Crippen MR) is 95.2 cm³/mol. The first-order valence-electron chi connectivity index (χ1n) is 7.13. The number of nitrogens with one attached hydrogen (secondary N) is 1. The summed E-state index contributed by atoms with van der Waals surface area (Å²) in [6, 6.07) is 7.64. The van der Waals surface area contributed by atoms with Gasteiger partial charge >= 0.3 is 0 Å². The number of ether oxygens (including phenoxy) is 1. The van der Waals surface area contributed by atoms with Gasteiger partial charge < -0.3 is 15.0 Å². The van der Waals surface area contributed by atoms with Gasteiger partial charge in [0.25, 0.3) is 5.91 Å². The Morgan fingerprint density at radius 3 is 2.67 bits per heavy atom. The lowest BCUT2D eigenvalue weighted by atomic mass is 10.3. The highest BCUT2D eigenvalue weighted by Gasteiger charge is 2.17. The van der Waals surface area contributed by atoms with Crippen molar-refractivity contribution in [1.82, 2.24) is 4.90 Å². The van der Waals surface area contributed by atoms with Crippen LogP contribution in [0.15, 0.2) is 34.1 Å². The van der Waals surface area contributed by atoms with Gasteiger partial charge in [0.2, 0.25) is 5.91 Å². The van der Waals surface area contributed by atoms with E-state index in [1.54, 1.807) is 25.1 Å². The second kappa shape index (κ2) is 8.25. The minimum atomic E-state index is -0.553. The number of thiophene rings is 1. The van der Waals surface area contributed by atoms with Gasteiger partial charge in [0.1, 0.15) is 0 Å². The average molecular weight is 415 g/mol. The number of hydrogen-bond donors (Lipinski definition) is 1. The molecule has 0 aliphatic rings. The van der Waals surface area contributed by atoms with Gasteiger partial charge in [-0.15, -0.1) is 11.3 Å². The lowest BCUT2D eigenvalue weighted by Gasteiger charge is -2.16. The topological polar surface area (TPSA) is 58.6 Å². The van der Waals surface area contributed by atoms with Gasteiger partial charge in [-0.25, -0.2) is 4.39 Å². The second-order valence-corrected chi connectivity index (χ2v) is 7.35. The van der Waals surface area contributed by atoms with Crippen LogP contribution in [0.3, 0.4) is 0 Å². The summed E-state index contributed by atoms with van der Waals surface area (Å²) in [7, 11) is 1.54. The number of nitrogens with zero attached hydrogens (tertiary/aromatic N) is 1. The molecule has 1 N–H and O–H groups in total. The monoisotopic (exact) mass is 414 g/mol. The van der Waals surface area contributed by atoms with Crippen LogP contribution in [0.1, 0.15) is 16.6 Å². The highest BCUT2D eigenvalue weighted by Crippen LogP contribution is 2.23. The zero-order chi connectivity index (χ0) is 17.7. The Bertz CT molecular complexity index is 751. The summed E-state index contributed by atoms with van der Waals surface area (Å²) >= 11 is 4.58. The minimum absolute atomic E-state index is 0.131. The largest absolute Gasteiger partial charge is 0.491 e. The molecule has 0 saturated carbocycles. The molecule has 0 aliphatic carbocycles. The number of halogens is 2. The fourth-order valence-electron chi connectivity index (χ4n) is 1.96. The van der Waals surface area contributed by atoms with Crippen molar-refractivity contribution in [2.24, 2.45) is 0 Å². The van der Waals surface area contributed by atoms with Crippen LogP contribution in [0, 0.1) is 5.82 Å². The summed E-state index contributed by atoms with van der Waals surface area (Å²) in [4.78, 5) is 26.0. The number of amides is 2. The fourth-order valence-corrected chi connectivity index (χ4v) is 3.34. The van der Waals surface area contributed by atoms with Gasteiger partial charge in [-0.3, -0.25) is 9.59 Å². The summed E-state index contributed by atoms with van der Waals surface area (Å²) in [5.41, 5.74) is 0.306. The van der Waals surface area contributed by atoms with Crippen molar-refractivity contribution in [3.8, 4) is 5.75 Å². The van der Waals surface area contributed by atoms with Gasteiger partial charge in [-0.05, 0) is 47.1 Å². The lowest BCUT2D eigenvalue weighted by Crippen LogP contribution is -2.34. The molecule has 0 aliphatic heterocycles. The number of hydrogen-bond acceptors (Lipinski definition) is 4. The molecule has 2 amide bonds. The van der Waals surface area contributed by atoms with Crippen LogP contribution in [-0.4, -0.2) is 36.9 Å². The zero-order valence-electron chi connectivity index (χ0n) is 13.1. The molecule has 0 radical (unpaired) electrons. The highest BCUT2D eigenvalue weighted by molar-refractivity contribution is 9.11. The molecule has 2 aromatic rings. The van der Waals surface area contributed by atoms with E-state index in [4.69, 9.17) is 4.74 Å². The summed E-state index contributed by atoms with van der Waals surface area (Å²) < 4.78 is 19.7. The molecule has 128 valence electrons. The Morgan fingerprint density at radius 2 is 2.08 bits per heavy atom. The number of likely N-dealkylation sites (N-methyl/N-ethyl adjacent to an activating group) is 1. The normalized spacial score (nSPS) is 10.3. The molecule has 24 heavy (non-hydrogen) atoms.